The normalized spacial score (nSPS) is 23.1. The van der Waals surface area contributed by atoms with E-state index in [1.165, 1.54) is 63.9 Å². The van der Waals surface area contributed by atoms with Gasteiger partial charge >= 0.3 is 0 Å². The Kier molecular flexibility index (Phi) is 4.39. The lowest BCUT2D eigenvalue weighted by Gasteiger charge is -2.33. The molecule has 4 heteroatoms. The summed E-state index contributed by atoms with van der Waals surface area (Å²) in [5.74, 6) is 1.56. The first-order valence-electron chi connectivity index (χ1n) is 8.40. The van der Waals surface area contributed by atoms with E-state index in [1.54, 1.807) is 0 Å². The van der Waals surface area contributed by atoms with E-state index in [2.05, 4.69) is 39.9 Å². The Morgan fingerprint density at radius 3 is 2.65 bits per heavy atom. The zero-order valence-electron chi connectivity index (χ0n) is 13.0. The number of hydrogen-bond donors (Lipinski definition) is 0. The SMILES string of the molecule is CCC[C@@H](C)CN1CCC(n2cc(C3CC3)nn2)CC1. The molecule has 3 rings (SSSR count). The number of hydrogen-bond acceptors (Lipinski definition) is 3. The lowest BCUT2D eigenvalue weighted by molar-refractivity contribution is 0.157. The van der Waals surface area contributed by atoms with Crippen molar-refractivity contribution in [2.24, 2.45) is 5.92 Å². The molecule has 20 heavy (non-hydrogen) atoms. The molecule has 1 saturated carbocycles. The van der Waals surface area contributed by atoms with Crippen molar-refractivity contribution in [3.8, 4) is 0 Å². The van der Waals surface area contributed by atoms with Crippen LogP contribution in [0.4, 0.5) is 0 Å². The highest BCUT2D eigenvalue weighted by Gasteiger charge is 2.28. The van der Waals surface area contributed by atoms with Gasteiger partial charge in [-0.15, -0.1) is 5.10 Å². The molecule has 1 aliphatic carbocycles. The fourth-order valence-electron chi connectivity index (χ4n) is 3.43. The van der Waals surface area contributed by atoms with E-state index in [4.69, 9.17) is 0 Å². The molecule has 2 fully saturated rings. The summed E-state index contributed by atoms with van der Waals surface area (Å²) in [7, 11) is 0. The van der Waals surface area contributed by atoms with Gasteiger partial charge in [-0.2, -0.15) is 0 Å². The maximum atomic E-state index is 4.36. The third kappa shape index (κ3) is 3.40. The summed E-state index contributed by atoms with van der Waals surface area (Å²) in [6.07, 6.45) is 9.95. The minimum atomic E-state index is 0.577. The maximum absolute atomic E-state index is 4.36. The van der Waals surface area contributed by atoms with Crippen molar-refractivity contribution in [3.05, 3.63) is 11.9 Å². The van der Waals surface area contributed by atoms with Crippen molar-refractivity contribution in [1.82, 2.24) is 19.9 Å². The second-order valence-corrected chi connectivity index (χ2v) is 6.82. The third-order valence-corrected chi connectivity index (χ3v) is 4.81. The monoisotopic (exact) mass is 276 g/mol. The molecule has 0 amide bonds. The van der Waals surface area contributed by atoms with Crippen LogP contribution in [0, 0.1) is 5.92 Å². The summed E-state index contributed by atoms with van der Waals surface area (Å²) in [4.78, 5) is 2.63. The van der Waals surface area contributed by atoms with Gasteiger partial charge < -0.3 is 4.90 Å². The van der Waals surface area contributed by atoms with Crippen molar-refractivity contribution in [2.75, 3.05) is 19.6 Å². The molecule has 2 aliphatic rings. The molecule has 1 aromatic rings. The number of piperidine rings is 1. The molecule has 1 aromatic heterocycles. The average molecular weight is 276 g/mol. The fourth-order valence-corrected chi connectivity index (χ4v) is 3.43. The van der Waals surface area contributed by atoms with Crippen LogP contribution < -0.4 is 0 Å². The van der Waals surface area contributed by atoms with Gasteiger partial charge in [0.15, 0.2) is 0 Å². The lowest BCUT2D eigenvalue weighted by atomic mass is 10.0. The Hall–Kier alpha value is -0.900. The molecule has 4 nitrogen and oxygen atoms in total. The van der Waals surface area contributed by atoms with E-state index >= 15 is 0 Å². The zero-order valence-corrected chi connectivity index (χ0v) is 13.0. The van der Waals surface area contributed by atoms with Gasteiger partial charge in [-0.3, -0.25) is 0 Å². The van der Waals surface area contributed by atoms with Crippen molar-refractivity contribution in [3.63, 3.8) is 0 Å². The van der Waals surface area contributed by atoms with Crippen molar-refractivity contribution < 1.29 is 0 Å². The molecule has 1 aliphatic heterocycles. The van der Waals surface area contributed by atoms with Crippen LogP contribution in [-0.2, 0) is 0 Å². The lowest BCUT2D eigenvalue weighted by Crippen LogP contribution is -2.37. The molecule has 0 bridgehead atoms. The number of likely N-dealkylation sites (tertiary alicyclic amines) is 1. The third-order valence-electron chi connectivity index (χ3n) is 4.81. The maximum Gasteiger partial charge on any atom is 0.0858 e. The van der Waals surface area contributed by atoms with Crippen molar-refractivity contribution >= 4 is 0 Å². The van der Waals surface area contributed by atoms with E-state index < -0.39 is 0 Å². The Morgan fingerprint density at radius 2 is 2.00 bits per heavy atom. The van der Waals surface area contributed by atoms with Gasteiger partial charge in [0.1, 0.15) is 0 Å². The summed E-state index contributed by atoms with van der Waals surface area (Å²) in [5, 5.41) is 8.71. The summed E-state index contributed by atoms with van der Waals surface area (Å²) < 4.78 is 2.14. The first-order valence-corrected chi connectivity index (χ1v) is 8.40. The second kappa shape index (κ2) is 6.25. The van der Waals surface area contributed by atoms with Crippen molar-refractivity contribution in [1.29, 1.82) is 0 Å². The highest BCUT2D eigenvalue weighted by Crippen LogP contribution is 2.39. The molecule has 0 radical (unpaired) electrons. The Morgan fingerprint density at radius 1 is 1.25 bits per heavy atom. The summed E-state index contributed by atoms with van der Waals surface area (Å²) in [6, 6.07) is 0.577. The minimum absolute atomic E-state index is 0.577. The van der Waals surface area contributed by atoms with Gasteiger partial charge in [0.25, 0.3) is 0 Å². The highest BCUT2D eigenvalue weighted by molar-refractivity contribution is 5.09. The standard InChI is InChI=1S/C16H28N4/c1-3-4-13(2)11-19-9-7-15(8-10-19)20-12-16(17-18-20)14-5-6-14/h12-15H,3-11H2,1-2H3/t13-/m1/s1. The second-order valence-electron chi connectivity index (χ2n) is 6.82. The predicted octanol–water partition coefficient (Wildman–Crippen LogP) is 3.23. The molecule has 0 N–H and O–H groups in total. The Labute approximate surface area is 122 Å². The quantitative estimate of drug-likeness (QED) is 0.800. The molecular weight excluding hydrogens is 248 g/mol. The topological polar surface area (TPSA) is 34.0 Å². The first kappa shape index (κ1) is 14.1. The van der Waals surface area contributed by atoms with E-state index in [-0.39, 0.29) is 0 Å². The van der Waals surface area contributed by atoms with Crippen LogP contribution in [0.5, 0.6) is 0 Å². The Balaban J connectivity index is 1.47. The van der Waals surface area contributed by atoms with Crippen LogP contribution in [0.2, 0.25) is 0 Å². The number of nitrogens with zero attached hydrogens (tertiary/aromatic N) is 4. The first-order chi connectivity index (χ1) is 9.76. The number of aromatic nitrogens is 3. The minimum Gasteiger partial charge on any atom is -0.303 e. The highest BCUT2D eigenvalue weighted by atomic mass is 15.4. The van der Waals surface area contributed by atoms with Gasteiger partial charge in [-0.25, -0.2) is 4.68 Å². The Bertz CT molecular complexity index is 416. The molecule has 2 heterocycles. The van der Waals surface area contributed by atoms with Gasteiger partial charge in [0.2, 0.25) is 0 Å². The van der Waals surface area contributed by atoms with E-state index in [0.717, 1.165) is 11.8 Å². The zero-order chi connectivity index (χ0) is 13.9. The molecule has 0 spiro atoms. The average Bonchev–Trinajstić information content (AvgIpc) is 3.18. The van der Waals surface area contributed by atoms with Gasteiger partial charge in [-0.05, 0) is 38.0 Å². The predicted molar refractivity (Wildman–Crippen MR) is 80.8 cm³/mol. The summed E-state index contributed by atoms with van der Waals surface area (Å²) in [6.45, 7) is 8.37. The molecule has 1 atom stereocenters. The van der Waals surface area contributed by atoms with E-state index in [9.17, 15) is 0 Å². The number of rotatable bonds is 6. The van der Waals surface area contributed by atoms with Crippen LogP contribution in [0.1, 0.15) is 70.0 Å². The fraction of sp³-hybridized carbons (Fsp3) is 0.875. The van der Waals surface area contributed by atoms with Crippen LogP contribution in [0.25, 0.3) is 0 Å². The van der Waals surface area contributed by atoms with Crippen LogP contribution >= 0.6 is 0 Å². The molecule has 0 aromatic carbocycles. The largest absolute Gasteiger partial charge is 0.303 e. The van der Waals surface area contributed by atoms with Crippen molar-refractivity contribution in [2.45, 2.75) is 64.3 Å². The van der Waals surface area contributed by atoms with Gasteiger partial charge in [0, 0.05) is 31.7 Å². The summed E-state index contributed by atoms with van der Waals surface area (Å²) in [5.41, 5.74) is 1.23. The molecule has 112 valence electrons. The molecular formula is C16H28N4. The molecule has 0 unspecified atom stereocenters. The van der Waals surface area contributed by atoms with Crippen LogP contribution in [0.3, 0.4) is 0 Å². The summed E-state index contributed by atoms with van der Waals surface area (Å²) >= 11 is 0. The van der Waals surface area contributed by atoms with Gasteiger partial charge in [0.05, 0.1) is 11.7 Å². The van der Waals surface area contributed by atoms with Crippen LogP contribution in [-0.4, -0.2) is 39.5 Å². The van der Waals surface area contributed by atoms with Crippen LogP contribution in [0.15, 0.2) is 6.20 Å². The van der Waals surface area contributed by atoms with E-state index in [1.807, 2.05) is 0 Å². The smallest absolute Gasteiger partial charge is 0.0858 e. The van der Waals surface area contributed by atoms with Gasteiger partial charge in [-0.1, -0.05) is 25.5 Å². The van der Waals surface area contributed by atoms with E-state index in [0.29, 0.717) is 6.04 Å². The molecule has 1 saturated heterocycles.